The molecular weight excluding hydrogens is 294 g/mol. The van der Waals surface area contributed by atoms with Crippen molar-refractivity contribution in [3.8, 4) is 0 Å². The summed E-state index contributed by atoms with van der Waals surface area (Å²) in [6, 6.07) is 1.65. The van der Waals surface area contributed by atoms with E-state index < -0.39 is 0 Å². The molecule has 1 heterocycles. The number of rotatable bonds is 10. The number of unbranched alkanes of at least 4 members (excludes halogenated alkanes) is 2. The zero-order valence-corrected chi connectivity index (χ0v) is 14.7. The highest BCUT2D eigenvalue weighted by molar-refractivity contribution is 5.93. The third-order valence-corrected chi connectivity index (χ3v) is 3.55. The summed E-state index contributed by atoms with van der Waals surface area (Å²) < 4.78 is 4.92. The van der Waals surface area contributed by atoms with Crippen LogP contribution in [0.25, 0.3) is 0 Å². The van der Waals surface area contributed by atoms with Crippen molar-refractivity contribution < 1.29 is 14.1 Å². The van der Waals surface area contributed by atoms with Crippen LogP contribution >= 0.6 is 0 Å². The van der Waals surface area contributed by atoms with Gasteiger partial charge in [-0.05, 0) is 25.7 Å². The number of carbonyl (C=O) groups is 2. The van der Waals surface area contributed by atoms with E-state index in [0.717, 1.165) is 25.7 Å². The lowest BCUT2D eigenvalue weighted by Crippen LogP contribution is -2.39. The van der Waals surface area contributed by atoms with E-state index in [2.05, 4.69) is 31.2 Å². The maximum Gasteiger partial charge on any atom is 0.245 e. The van der Waals surface area contributed by atoms with Crippen LogP contribution < -0.4 is 5.32 Å². The second-order valence-electron chi connectivity index (χ2n) is 6.33. The van der Waals surface area contributed by atoms with Gasteiger partial charge in [0, 0.05) is 19.0 Å². The number of nitrogens with one attached hydrogen (secondary N) is 1. The van der Waals surface area contributed by atoms with E-state index in [1.807, 2.05) is 0 Å². The van der Waals surface area contributed by atoms with Crippen molar-refractivity contribution in [2.24, 2.45) is 5.92 Å². The van der Waals surface area contributed by atoms with Crippen LogP contribution in [0, 0.1) is 12.8 Å². The molecule has 130 valence electrons. The Morgan fingerprint density at radius 1 is 1.35 bits per heavy atom. The number of hydrogen-bond acceptors (Lipinski definition) is 4. The first-order valence-corrected chi connectivity index (χ1v) is 8.43. The summed E-state index contributed by atoms with van der Waals surface area (Å²) in [6.07, 6.45) is 4.37. The molecule has 1 rings (SSSR count). The van der Waals surface area contributed by atoms with Gasteiger partial charge in [0.05, 0.1) is 6.54 Å². The van der Waals surface area contributed by atoms with Gasteiger partial charge in [-0.25, -0.2) is 0 Å². The Bertz CT molecular complexity index is 497. The monoisotopic (exact) mass is 323 g/mol. The molecule has 0 unspecified atom stereocenters. The highest BCUT2D eigenvalue weighted by Gasteiger charge is 2.18. The molecular formula is C17H29N3O3. The van der Waals surface area contributed by atoms with Crippen LogP contribution in [0.1, 0.15) is 58.6 Å². The molecule has 1 aromatic rings. The Morgan fingerprint density at radius 2 is 2.09 bits per heavy atom. The largest absolute Gasteiger partial charge is 0.360 e. The third kappa shape index (κ3) is 7.81. The maximum atomic E-state index is 12.3. The fourth-order valence-corrected chi connectivity index (χ4v) is 2.17. The lowest BCUT2D eigenvalue weighted by atomic mass is 10.1. The van der Waals surface area contributed by atoms with Crippen molar-refractivity contribution in [2.75, 3.05) is 18.4 Å². The molecule has 0 aliphatic rings. The fraction of sp³-hybridized carbons (Fsp3) is 0.706. The molecule has 6 heteroatoms. The van der Waals surface area contributed by atoms with E-state index in [0.29, 0.717) is 30.5 Å². The summed E-state index contributed by atoms with van der Waals surface area (Å²) >= 11 is 0. The van der Waals surface area contributed by atoms with Crippen LogP contribution in [-0.2, 0) is 9.59 Å². The fourth-order valence-electron chi connectivity index (χ4n) is 2.17. The van der Waals surface area contributed by atoms with E-state index in [1.54, 1.807) is 17.9 Å². The van der Waals surface area contributed by atoms with Crippen LogP contribution in [0.2, 0.25) is 0 Å². The van der Waals surface area contributed by atoms with Gasteiger partial charge in [-0.1, -0.05) is 38.8 Å². The molecule has 1 aromatic heterocycles. The SMILES string of the molecule is CCCCCC(=O)N(CCC(C)C)CC(=O)Nc1cc(C)on1. The molecule has 0 aliphatic carbocycles. The van der Waals surface area contributed by atoms with Gasteiger partial charge in [0.15, 0.2) is 5.82 Å². The minimum Gasteiger partial charge on any atom is -0.360 e. The van der Waals surface area contributed by atoms with Crippen LogP contribution in [0.3, 0.4) is 0 Å². The van der Waals surface area contributed by atoms with E-state index >= 15 is 0 Å². The van der Waals surface area contributed by atoms with Crippen molar-refractivity contribution in [3.63, 3.8) is 0 Å². The molecule has 2 amide bonds. The van der Waals surface area contributed by atoms with Gasteiger partial charge < -0.3 is 14.7 Å². The summed E-state index contributed by atoms with van der Waals surface area (Å²) in [5.74, 6) is 1.31. The van der Waals surface area contributed by atoms with E-state index in [1.165, 1.54) is 0 Å². The number of amides is 2. The quantitative estimate of drug-likeness (QED) is 0.670. The average Bonchev–Trinajstić information content (AvgIpc) is 2.88. The Morgan fingerprint density at radius 3 is 2.65 bits per heavy atom. The van der Waals surface area contributed by atoms with Crippen LogP contribution in [0.4, 0.5) is 5.82 Å². The normalized spacial score (nSPS) is 10.8. The Balaban J connectivity index is 2.55. The first-order valence-electron chi connectivity index (χ1n) is 8.43. The minimum atomic E-state index is -0.245. The number of anilines is 1. The summed E-state index contributed by atoms with van der Waals surface area (Å²) in [4.78, 5) is 26.1. The van der Waals surface area contributed by atoms with Gasteiger partial charge in [-0.15, -0.1) is 0 Å². The topological polar surface area (TPSA) is 75.4 Å². The molecule has 0 aromatic carbocycles. The molecule has 0 spiro atoms. The number of aromatic nitrogens is 1. The van der Waals surface area contributed by atoms with Gasteiger partial charge in [0.25, 0.3) is 0 Å². The highest BCUT2D eigenvalue weighted by atomic mass is 16.5. The predicted octanol–water partition coefficient (Wildman–Crippen LogP) is 3.38. The van der Waals surface area contributed by atoms with Crippen molar-refractivity contribution in [1.29, 1.82) is 0 Å². The van der Waals surface area contributed by atoms with Crippen LogP contribution in [0.5, 0.6) is 0 Å². The Labute approximate surface area is 138 Å². The second-order valence-corrected chi connectivity index (χ2v) is 6.33. The predicted molar refractivity (Wildman–Crippen MR) is 90.0 cm³/mol. The van der Waals surface area contributed by atoms with Crippen molar-refractivity contribution in [1.82, 2.24) is 10.1 Å². The van der Waals surface area contributed by atoms with Crippen molar-refractivity contribution in [3.05, 3.63) is 11.8 Å². The lowest BCUT2D eigenvalue weighted by Gasteiger charge is -2.23. The molecule has 0 aliphatic heterocycles. The molecule has 0 atom stereocenters. The standard InChI is InChI=1S/C17H29N3O3/c1-5-6-7-8-17(22)20(10-9-13(2)3)12-16(21)18-15-11-14(4)23-19-15/h11,13H,5-10,12H2,1-4H3,(H,18,19,21). The van der Waals surface area contributed by atoms with Gasteiger partial charge in [-0.3, -0.25) is 9.59 Å². The molecule has 6 nitrogen and oxygen atoms in total. The molecule has 1 N–H and O–H groups in total. The highest BCUT2D eigenvalue weighted by Crippen LogP contribution is 2.09. The van der Waals surface area contributed by atoms with Gasteiger partial charge in [-0.2, -0.15) is 0 Å². The summed E-state index contributed by atoms with van der Waals surface area (Å²) in [7, 11) is 0. The number of nitrogens with zero attached hydrogens (tertiary/aromatic N) is 2. The van der Waals surface area contributed by atoms with E-state index in [-0.39, 0.29) is 18.4 Å². The Hall–Kier alpha value is -1.85. The second kappa shape index (κ2) is 10.0. The first-order chi connectivity index (χ1) is 10.9. The summed E-state index contributed by atoms with van der Waals surface area (Å²) in [6.45, 7) is 8.75. The number of carbonyl (C=O) groups excluding carboxylic acids is 2. The van der Waals surface area contributed by atoms with Gasteiger partial charge in [0.2, 0.25) is 11.8 Å². The van der Waals surface area contributed by atoms with Crippen LogP contribution in [0.15, 0.2) is 10.6 Å². The molecule has 0 saturated heterocycles. The van der Waals surface area contributed by atoms with Crippen molar-refractivity contribution >= 4 is 17.6 Å². The van der Waals surface area contributed by atoms with Crippen LogP contribution in [-0.4, -0.2) is 35.0 Å². The molecule has 0 saturated carbocycles. The van der Waals surface area contributed by atoms with Crippen molar-refractivity contribution in [2.45, 2.75) is 59.8 Å². The molecule has 23 heavy (non-hydrogen) atoms. The average molecular weight is 323 g/mol. The number of hydrogen-bond donors (Lipinski definition) is 1. The van der Waals surface area contributed by atoms with E-state index in [9.17, 15) is 9.59 Å². The molecule has 0 fully saturated rings. The maximum absolute atomic E-state index is 12.3. The third-order valence-electron chi connectivity index (χ3n) is 3.55. The summed E-state index contributed by atoms with van der Waals surface area (Å²) in [5.41, 5.74) is 0. The molecule has 0 radical (unpaired) electrons. The minimum absolute atomic E-state index is 0.0468. The molecule has 0 bridgehead atoms. The summed E-state index contributed by atoms with van der Waals surface area (Å²) in [5, 5.41) is 6.40. The first kappa shape index (κ1) is 19.2. The number of aryl methyl sites for hydroxylation is 1. The zero-order chi connectivity index (χ0) is 17.2. The zero-order valence-electron chi connectivity index (χ0n) is 14.7. The van der Waals surface area contributed by atoms with Gasteiger partial charge in [0.1, 0.15) is 5.76 Å². The van der Waals surface area contributed by atoms with Gasteiger partial charge >= 0.3 is 0 Å². The lowest BCUT2D eigenvalue weighted by molar-refractivity contribution is -0.135. The van der Waals surface area contributed by atoms with E-state index in [4.69, 9.17) is 4.52 Å². The smallest absolute Gasteiger partial charge is 0.245 e. The Kier molecular flexibility index (Phi) is 8.37.